The van der Waals surface area contributed by atoms with Crippen molar-refractivity contribution in [1.29, 1.82) is 0 Å². The third-order valence-electron chi connectivity index (χ3n) is 5.86. The van der Waals surface area contributed by atoms with Gasteiger partial charge in [0.1, 0.15) is 5.78 Å². The summed E-state index contributed by atoms with van der Waals surface area (Å²) >= 11 is 0. The van der Waals surface area contributed by atoms with Gasteiger partial charge in [-0.05, 0) is 22.6 Å². The maximum Gasteiger partial charge on any atom is 0.311 e. The monoisotopic (exact) mass is 526 g/mol. The molecule has 4 unspecified atom stereocenters. The number of rotatable bonds is 15. The van der Waals surface area contributed by atoms with E-state index in [4.69, 9.17) is 10.5 Å². The largest absolute Gasteiger partial charge is 0.481 e. The number of carboxylic acid groups (broad SMARTS) is 1. The SMILES string of the molecule is CCC(C)C(NS(=O)(=O)CCOCc1ccccc1)P(=O)(O)CC(C(=O)O)c1cccc(CN)c1. The molecule has 0 saturated carbocycles. The van der Waals surface area contributed by atoms with Crippen molar-refractivity contribution in [2.75, 3.05) is 18.5 Å². The number of aliphatic carboxylic acids is 1. The highest BCUT2D eigenvalue weighted by Gasteiger charge is 2.41. The Labute approximate surface area is 207 Å². The van der Waals surface area contributed by atoms with Gasteiger partial charge in [-0.15, -0.1) is 0 Å². The van der Waals surface area contributed by atoms with Crippen LogP contribution in [0.15, 0.2) is 54.6 Å². The van der Waals surface area contributed by atoms with Gasteiger partial charge in [0.15, 0.2) is 0 Å². The Morgan fingerprint density at radius 3 is 2.40 bits per heavy atom. The van der Waals surface area contributed by atoms with Crippen LogP contribution < -0.4 is 10.5 Å². The van der Waals surface area contributed by atoms with Crippen molar-refractivity contribution in [3.8, 4) is 0 Å². The Kier molecular flexibility index (Phi) is 11.1. The molecule has 194 valence electrons. The van der Waals surface area contributed by atoms with Gasteiger partial charge in [0.25, 0.3) is 0 Å². The lowest BCUT2D eigenvalue weighted by Gasteiger charge is -2.30. The summed E-state index contributed by atoms with van der Waals surface area (Å²) in [4.78, 5) is 23.0. The van der Waals surface area contributed by atoms with Gasteiger partial charge in [0, 0.05) is 12.7 Å². The number of ether oxygens (including phenoxy) is 1. The molecule has 0 amide bonds. The van der Waals surface area contributed by atoms with Crippen molar-refractivity contribution in [2.24, 2.45) is 11.7 Å². The summed E-state index contributed by atoms with van der Waals surface area (Å²) in [6, 6.07) is 15.8. The highest BCUT2D eigenvalue weighted by Crippen LogP contribution is 2.52. The topological polar surface area (TPSA) is 156 Å². The zero-order valence-corrected chi connectivity index (χ0v) is 21.8. The first-order valence-corrected chi connectivity index (χ1v) is 15.0. The average molecular weight is 527 g/mol. The molecule has 35 heavy (non-hydrogen) atoms. The molecule has 0 bridgehead atoms. The van der Waals surface area contributed by atoms with E-state index in [1.54, 1.807) is 38.1 Å². The third kappa shape index (κ3) is 9.14. The number of nitrogens with two attached hydrogens (primary N) is 1. The molecule has 0 aromatic heterocycles. The fourth-order valence-electron chi connectivity index (χ4n) is 3.63. The van der Waals surface area contributed by atoms with Gasteiger partial charge in [0.2, 0.25) is 17.4 Å². The summed E-state index contributed by atoms with van der Waals surface area (Å²) in [5.41, 5.74) is 7.57. The number of hydrogen-bond acceptors (Lipinski definition) is 6. The second-order valence-corrected chi connectivity index (χ2v) is 12.9. The van der Waals surface area contributed by atoms with Crippen LogP contribution in [0.5, 0.6) is 0 Å². The number of sulfonamides is 1. The van der Waals surface area contributed by atoms with E-state index in [2.05, 4.69) is 4.72 Å². The summed E-state index contributed by atoms with van der Waals surface area (Å²) in [5.74, 6) is -4.79. The number of carbonyl (C=O) groups is 1. The van der Waals surface area contributed by atoms with Crippen LogP contribution >= 0.6 is 7.37 Å². The van der Waals surface area contributed by atoms with Crippen molar-refractivity contribution in [3.63, 3.8) is 0 Å². The molecule has 0 aliphatic heterocycles. The van der Waals surface area contributed by atoms with Crippen molar-refractivity contribution >= 4 is 23.4 Å². The zero-order valence-electron chi connectivity index (χ0n) is 20.0. The van der Waals surface area contributed by atoms with Crippen molar-refractivity contribution in [1.82, 2.24) is 4.72 Å². The van der Waals surface area contributed by atoms with Crippen LogP contribution in [0.4, 0.5) is 0 Å². The van der Waals surface area contributed by atoms with Crippen LogP contribution in [0.3, 0.4) is 0 Å². The van der Waals surface area contributed by atoms with Gasteiger partial charge >= 0.3 is 5.97 Å². The molecule has 5 N–H and O–H groups in total. The van der Waals surface area contributed by atoms with E-state index in [9.17, 15) is 27.8 Å². The van der Waals surface area contributed by atoms with E-state index in [1.165, 1.54) is 0 Å². The number of benzene rings is 2. The minimum atomic E-state index is -4.30. The lowest BCUT2D eigenvalue weighted by molar-refractivity contribution is -0.138. The lowest BCUT2D eigenvalue weighted by atomic mass is 9.99. The molecule has 9 nitrogen and oxygen atoms in total. The van der Waals surface area contributed by atoms with Crippen LogP contribution in [0.1, 0.15) is 42.9 Å². The molecular formula is C24H35N2O7PS. The fourth-order valence-corrected chi connectivity index (χ4v) is 7.95. The highest BCUT2D eigenvalue weighted by molar-refractivity contribution is 7.89. The second kappa shape index (κ2) is 13.3. The van der Waals surface area contributed by atoms with Crippen LogP contribution in [-0.2, 0) is 37.3 Å². The fraction of sp³-hybridized carbons (Fsp3) is 0.458. The first-order chi connectivity index (χ1) is 16.5. The molecular weight excluding hydrogens is 491 g/mol. The van der Waals surface area contributed by atoms with E-state index in [-0.39, 0.29) is 19.8 Å². The molecule has 0 aliphatic carbocycles. The minimum Gasteiger partial charge on any atom is -0.481 e. The van der Waals surface area contributed by atoms with E-state index in [0.29, 0.717) is 17.5 Å². The molecule has 0 heterocycles. The maximum atomic E-state index is 13.5. The van der Waals surface area contributed by atoms with Crippen molar-refractivity contribution in [3.05, 3.63) is 71.3 Å². The average Bonchev–Trinajstić information content (AvgIpc) is 2.83. The summed E-state index contributed by atoms with van der Waals surface area (Å²) < 4.78 is 46.8. The summed E-state index contributed by atoms with van der Waals surface area (Å²) in [5, 5.41) is 9.78. The molecule has 11 heteroatoms. The van der Waals surface area contributed by atoms with Crippen molar-refractivity contribution in [2.45, 2.75) is 45.1 Å². The smallest absolute Gasteiger partial charge is 0.311 e. The summed E-state index contributed by atoms with van der Waals surface area (Å²) in [6.07, 6.45) is -0.193. The Balaban J connectivity index is 2.14. The molecule has 0 radical (unpaired) electrons. The Bertz CT molecular complexity index is 1110. The minimum absolute atomic E-state index is 0.100. The quantitative estimate of drug-likeness (QED) is 0.204. The first-order valence-electron chi connectivity index (χ1n) is 11.4. The number of nitrogens with one attached hydrogen (secondary N) is 1. The van der Waals surface area contributed by atoms with Gasteiger partial charge in [-0.2, -0.15) is 0 Å². The van der Waals surface area contributed by atoms with E-state index < -0.39 is 52.9 Å². The second-order valence-electron chi connectivity index (χ2n) is 8.58. The predicted molar refractivity (Wildman–Crippen MR) is 136 cm³/mol. The summed E-state index contributed by atoms with van der Waals surface area (Å²) in [6.45, 7) is 3.77. The van der Waals surface area contributed by atoms with E-state index >= 15 is 0 Å². The van der Waals surface area contributed by atoms with E-state index in [1.807, 2.05) is 30.3 Å². The lowest BCUT2D eigenvalue weighted by Crippen LogP contribution is -2.42. The molecule has 2 aromatic rings. The molecule has 0 aliphatic rings. The van der Waals surface area contributed by atoms with Gasteiger partial charge in [-0.1, -0.05) is 74.9 Å². The van der Waals surface area contributed by atoms with Crippen LogP contribution in [-0.4, -0.2) is 48.7 Å². The maximum absolute atomic E-state index is 13.5. The van der Waals surface area contributed by atoms with Crippen LogP contribution in [0.2, 0.25) is 0 Å². The normalized spacial score (nSPS) is 16.2. The van der Waals surface area contributed by atoms with Crippen LogP contribution in [0, 0.1) is 5.92 Å². The molecule has 0 fully saturated rings. The Morgan fingerprint density at radius 2 is 1.80 bits per heavy atom. The molecule has 2 aromatic carbocycles. The first kappa shape index (κ1) is 29.2. The molecule has 0 saturated heterocycles. The third-order valence-corrected chi connectivity index (χ3v) is 9.74. The standard InChI is InChI=1S/C24H35N2O7PS/c1-3-18(2)23(26-35(31,32)13-12-33-16-19-8-5-4-6-9-19)34(29,30)17-22(24(27)28)21-11-7-10-20(14-21)15-25/h4-11,14,18,22-23,26H,3,12-13,15-17,25H2,1-2H3,(H,27,28)(H,29,30). The summed E-state index contributed by atoms with van der Waals surface area (Å²) in [7, 11) is -8.28. The number of hydrogen-bond donors (Lipinski definition) is 4. The zero-order chi connectivity index (χ0) is 26.1. The highest BCUT2D eigenvalue weighted by atomic mass is 32.2. The van der Waals surface area contributed by atoms with Gasteiger partial charge < -0.3 is 20.5 Å². The molecule has 4 atom stereocenters. The predicted octanol–water partition coefficient (Wildman–Crippen LogP) is 3.09. The molecule has 2 rings (SSSR count). The van der Waals surface area contributed by atoms with Gasteiger partial charge in [-0.25, -0.2) is 13.1 Å². The van der Waals surface area contributed by atoms with Gasteiger partial charge in [-0.3, -0.25) is 9.36 Å². The van der Waals surface area contributed by atoms with Gasteiger partial charge in [0.05, 0.1) is 24.9 Å². The molecule has 0 spiro atoms. The van der Waals surface area contributed by atoms with E-state index in [0.717, 1.165) is 5.56 Å². The Hall–Kier alpha value is -2.07. The van der Waals surface area contributed by atoms with Crippen molar-refractivity contribution < 1.29 is 32.5 Å². The number of carboxylic acids is 1. The Morgan fingerprint density at radius 1 is 1.14 bits per heavy atom. The van der Waals surface area contributed by atoms with Crippen LogP contribution in [0.25, 0.3) is 0 Å².